The van der Waals surface area contributed by atoms with Crippen LogP contribution < -0.4 is 5.32 Å². The number of hydrogen-bond donors (Lipinski definition) is 2. The van der Waals surface area contributed by atoms with E-state index in [2.05, 4.69) is 60.3 Å². The maximum Gasteiger partial charge on any atom is 0.120 e. The van der Waals surface area contributed by atoms with E-state index >= 15 is 0 Å². The Morgan fingerprint density at radius 1 is 1.19 bits per heavy atom. The number of rotatable bonds is 8. The summed E-state index contributed by atoms with van der Waals surface area (Å²) in [6, 6.07) is 9.44. The van der Waals surface area contributed by atoms with E-state index in [1.807, 2.05) is 6.20 Å². The van der Waals surface area contributed by atoms with E-state index in [0.29, 0.717) is 12.0 Å². The van der Waals surface area contributed by atoms with Gasteiger partial charge in [0, 0.05) is 18.4 Å². The van der Waals surface area contributed by atoms with Crippen LogP contribution in [0.25, 0.3) is 0 Å². The molecule has 0 bridgehead atoms. The number of benzene rings is 1. The molecule has 1 heterocycles. The molecule has 1 aromatic heterocycles. The molecule has 1 aromatic carbocycles. The number of hydrogen-bond acceptors (Lipinski definition) is 2. The summed E-state index contributed by atoms with van der Waals surface area (Å²) in [6.45, 7) is 7.52. The second-order valence-electron chi connectivity index (χ2n) is 5.98. The van der Waals surface area contributed by atoms with Crippen LogP contribution in [0.4, 0.5) is 0 Å². The van der Waals surface area contributed by atoms with Crippen molar-refractivity contribution in [1.29, 1.82) is 0 Å². The third-order valence-electron chi connectivity index (χ3n) is 3.87. The summed E-state index contributed by atoms with van der Waals surface area (Å²) >= 11 is 0. The van der Waals surface area contributed by atoms with Crippen molar-refractivity contribution in [1.82, 2.24) is 15.3 Å². The van der Waals surface area contributed by atoms with Gasteiger partial charge in [-0.05, 0) is 29.9 Å². The molecule has 2 rings (SSSR count). The third-order valence-corrected chi connectivity index (χ3v) is 3.87. The van der Waals surface area contributed by atoms with Crippen molar-refractivity contribution in [2.24, 2.45) is 5.92 Å². The molecule has 2 N–H and O–H groups in total. The van der Waals surface area contributed by atoms with Gasteiger partial charge in [-0.3, -0.25) is 0 Å². The fraction of sp³-hybridized carbons (Fsp3) is 0.500. The number of aromatic nitrogens is 2. The first kappa shape index (κ1) is 15.8. The Bertz CT molecular complexity index is 500. The van der Waals surface area contributed by atoms with Gasteiger partial charge in [-0.1, -0.05) is 51.5 Å². The van der Waals surface area contributed by atoms with Crippen LogP contribution in [-0.2, 0) is 13.0 Å². The summed E-state index contributed by atoms with van der Waals surface area (Å²) in [6.07, 6.45) is 7.36. The SMILES string of the molecule is CCCCc1ccc(C(NCc2ncc[nH]2)C(C)C)cc1. The van der Waals surface area contributed by atoms with Crippen molar-refractivity contribution < 1.29 is 0 Å². The second-order valence-corrected chi connectivity index (χ2v) is 5.98. The Morgan fingerprint density at radius 2 is 1.95 bits per heavy atom. The lowest BCUT2D eigenvalue weighted by Crippen LogP contribution is -2.25. The van der Waals surface area contributed by atoms with E-state index < -0.39 is 0 Å². The maximum absolute atomic E-state index is 4.27. The molecular weight excluding hydrogens is 258 g/mol. The molecule has 2 aromatic rings. The van der Waals surface area contributed by atoms with Gasteiger partial charge in [0.1, 0.15) is 5.82 Å². The zero-order valence-electron chi connectivity index (χ0n) is 13.4. The zero-order valence-corrected chi connectivity index (χ0v) is 13.4. The fourth-order valence-electron chi connectivity index (χ4n) is 2.61. The van der Waals surface area contributed by atoms with E-state index in [-0.39, 0.29) is 0 Å². The van der Waals surface area contributed by atoms with Crippen LogP contribution in [0.15, 0.2) is 36.7 Å². The van der Waals surface area contributed by atoms with Gasteiger partial charge >= 0.3 is 0 Å². The highest BCUT2D eigenvalue weighted by molar-refractivity contribution is 5.25. The summed E-state index contributed by atoms with van der Waals surface area (Å²) < 4.78 is 0. The van der Waals surface area contributed by atoms with Gasteiger partial charge in [-0.15, -0.1) is 0 Å². The highest BCUT2D eigenvalue weighted by Crippen LogP contribution is 2.22. The molecule has 0 fully saturated rings. The first-order valence-corrected chi connectivity index (χ1v) is 8.01. The minimum Gasteiger partial charge on any atom is -0.348 e. The molecule has 0 aliphatic heterocycles. The molecule has 3 nitrogen and oxygen atoms in total. The van der Waals surface area contributed by atoms with Crippen LogP contribution in [-0.4, -0.2) is 9.97 Å². The number of unbranched alkanes of at least 4 members (excludes halogenated alkanes) is 1. The molecule has 0 aliphatic carbocycles. The van der Waals surface area contributed by atoms with Crippen molar-refractivity contribution >= 4 is 0 Å². The number of aryl methyl sites for hydroxylation is 1. The van der Waals surface area contributed by atoms with Gasteiger partial charge in [0.15, 0.2) is 0 Å². The molecule has 1 atom stereocenters. The van der Waals surface area contributed by atoms with Crippen molar-refractivity contribution in [2.75, 3.05) is 0 Å². The average Bonchev–Trinajstić information content (AvgIpc) is 2.99. The summed E-state index contributed by atoms with van der Waals surface area (Å²) in [5, 5.41) is 3.61. The van der Waals surface area contributed by atoms with Crippen LogP contribution in [0, 0.1) is 5.92 Å². The number of nitrogens with one attached hydrogen (secondary N) is 2. The van der Waals surface area contributed by atoms with E-state index in [9.17, 15) is 0 Å². The van der Waals surface area contributed by atoms with Gasteiger partial charge < -0.3 is 10.3 Å². The Morgan fingerprint density at radius 3 is 2.52 bits per heavy atom. The van der Waals surface area contributed by atoms with Crippen molar-refractivity contribution in [3.63, 3.8) is 0 Å². The highest BCUT2D eigenvalue weighted by atomic mass is 15.0. The molecule has 114 valence electrons. The van der Waals surface area contributed by atoms with Crippen molar-refractivity contribution in [2.45, 2.75) is 52.6 Å². The van der Waals surface area contributed by atoms with Crippen molar-refractivity contribution in [3.8, 4) is 0 Å². The van der Waals surface area contributed by atoms with Crippen LogP contribution in [0.3, 0.4) is 0 Å². The molecule has 21 heavy (non-hydrogen) atoms. The third kappa shape index (κ3) is 4.71. The molecule has 3 heteroatoms. The average molecular weight is 285 g/mol. The van der Waals surface area contributed by atoms with Crippen LogP contribution >= 0.6 is 0 Å². The lowest BCUT2D eigenvalue weighted by Gasteiger charge is -2.23. The van der Waals surface area contributed by atoms with E-state index in [1.54, 1.807) is 6.20 Å². The topological polar surface area (TPSA) is 40.7 Å². The Kier molecular flexibility index (Phi) is 6.00. The summed E-state index contributed by atoms with van der Waals surface area (Å²) in [4.78, 5) is 7.41. The van der Waals surface area contributed by atoms with Crippen LogP contribution in [0.2, 0.25) is 0 Å². The Labute approximate surface area is 128 Å². The monoisotopic (exact) mass is 285 g/mol. The van der Waals surface area contributed by atoms with Gasteiger partial charge in [0.2, 0.25) is 0 Å². The Balaban J connectivity index is 2.00. The van der Waals surface area contributed by atoms with Crippen LogP contribution in [0.5, 0.6) is 0 Å². The second kappa shape index (κ2) is 7.99. The number of imidazole rings is 1. The lowest BCUT2D eigenvalue weighted by atomic mass is 9.94. The molecule has 0 saturated carbocycles. The molecule has 0 saturated heterocycles. The predicted molar refractivity (Wildman–Crippen MR) is 88.1 cm³/mol. The van der Waals surface area contributed by atoms with E-state index in [4.69, 9.17) is 0 Å². The van der Waals surface area contributed by atoms with E-state index in [0.717, 1.165) is 12.4 Å². The quantitative estimate of drug-likeness (QED) is 0.761. The first-order valence-electron chi connectivity index (χ1n) is 8.01. The number of nitrogens with zero attached hydrogens (tertiary/aromatic N) is 1. The summed E-state index contributed by atoms with van der Waals surface area (Å²) in [5.41, 5.74) is 2.80. The molecule has 0 spiro atoms. The standard InChI is InChI=1S/C18H27N3/c1-4-5-6-15-7-9-16(10-8-15)18(14(2)3)21-13-17-19-11-12-20-17/h7-12,14,18,21H,4-6,13H2,1-3H3,(H,19,20). The van der Waals surface area contributed by atoms with E-state index in [1.165, 1.54) is 30.4 Å². The largest absolute Gasteiger partial charge is 0.348 e. The molecule has 1 unspecified atom stereocenters. The van der Waals surface area contributed by atoms with Gasteiger partial charge in [0.25, 0.3) is 0 Å². The zero-order chi connectivity index (χ0) is 15.1. The minimum absolute atomic E-state index is 0.357. The predicted octanol–water partition coefficient (Wildman–Crippen LogP) is 4.24. The van der Waals surface area contributed by atoms with Gasteiger partial charge in [-0.2, -0.15) is 0 Å². The molecule has 0 radical (unpaired) electrons. The number of aromatic amines is 1. The lowest BCUT2D eigenvalue weighted by molar-refractivity contribution is 0.406. The Hall–Kier alpha value is -1.61. The first-order chi connectivity index (χ1) is 10.2. The molecular formula is C18H27N3. The minimum atomic E-state index is 0.357. The fourth-order valence-corrected chi connectivity index (χ4v) is 2.61. The summed E-state index contributed by atoms with van der Waals surface area (Å²) in [7, 11) is 0. The van der Waals surface area contributed by atoms with Gasteiger partial charge in [0.05, 0.1) is 6.54 Å². The maximum atomic E-state index is 4.27. The molecule has 0 aliphatic rings. The highest BCUT2D eigenvalue weighted by Gasteiger charge is 2.15. The molecule has 0 amide bonds. The summed E-state index contributed by atoms with van der Waals surface area (Å²) in [5.74, 6) is 1.53. The van der Waals surface area contributed by atoms with Crippen molar-refractivity contribution in [3.05, 3.63) is 53.6 Å². The van der Waals surface area contributed by atoms with Crippen LogP contribution in [0.1, 0.15) is 56.6 Å². The number of H-pyrrole nitrogens is 1. The normalized spacial score (nSPS) is 12.8. The smallest absolute Gasteiger partial charge is 0.120 e. The van der Waals surface area contributed by atoms with Gasteiger partial charge in [-0.25, -0.2) is 4.98 Å².